The number of rotatable bonds is 6. The van der Waals surface area contributed by atoms with Crippen LogP contribution in [0.2, 0.25) is 0 Å². The summed E-state index contributed by atoms with van der Waals surface area (Å²) in [6.07, 6.45) is 0. The normalized spacial score (nSPS) is 12.2. The van der Waals surface area contributed by atoms with Gasteiger partial charge in [0.15, 0.2) is 0 Å². The first kappa shape index (κ1) is 15.9. The van der Waals surface area contributed by atoms with Crippen LogP contribution >= 0.6 is 11.8 Å². The molecule has 0 fully saturated rings. The summed E-state index contributed by atoms with van der Waals surface area (Å²) in [7, 11) is 3.73. The molecule has 0 aliphatic rings. The summed E-state index contributed by atoms with van der Waals surface area (Å²) in [6.45, 7) is 4.30. The minimum absolute atomic E-state index is 0.334. The lowest BCUT2D eigenvalue weighted by Crippen LogP contribution is -2.19. The Bertz CT molecular complexity index is 598. The largest absolute Gasteiger partial charge is 0.497 e. The highest BCUT2D eigenvalue weighted by Crippen LogP contribution is 2.29. The van der Waals surface area contributed by atoms with Crippen LogP contribution in [-0.4, -0.2) is 19.9 Å². The molecule has 1 atom stereocenters. The van der Waals surface area contributed by atoms with Gasteiger partial charge in [0, 0.05) is 16.7 Å². The van der Waals surface area contributed by atoms with Crippen LogP contribution in [0.15, 0.2) is 47.4 Å². The second kappa shape index (κ2) is 7.53. The zero-order valence-corrected chi connectivity index (χ0v) is 14.0. The molecule has 0 spiro atoms. The van der Waals surface area contributed by atoms with Gasteiger partial charge in [-0.15, -0.1) is 11.8 Å². The van der Waals surface area contributed by atoms with E-state index >= 15 is 0 Å². The van der Waals surface area contributed by atoms with E-state index in [1.54, 1.807) is 7.11 Å². The molecule has 0 aliphatic carbocycles. The van der Waals surface area contributed by atoms with Gasteiger partial charge in [0.05, 0.1) is 7.11 Å². The third-order valence-corrected chi connectivity index (χ3v) is 4.97. The maximum atomic E-state index is 5.28. The van der Waals surface area contributed by atoms with E-state index in [0.717, 1.165) is 11.5 Å². The van der Waals surface area contributed by atoms with Crippen LogP contribution in [0.4, 0.5) is 0 Å². The van der Waals surface area contributed by atoms with Crippen LogP contribution in [0.3, 0.4) is 0 Å². The van der Waals surface area contributed by atoms with Crippen LogP contribution in [0.5, 0.6) is 5.75 Å². The van der Waals surface area contributed by atoms with Crippen molar-refractivity contribution in [3.8, 4) is 5.75 Å². The summed E-state index contributed by atoms with van der Waals surface area (Å²) in [5.74, 6) is 1.92. The number of aryl methyl sites for hydroxylation is 2. The second-order valence-corrected chi connectivity index (χ2v) is 6.20. The lowest BCUT2D eigenvalue weighted by atomic mass is 10.0. The molecule has 21 heavy (non-hydrogen) atoms. The van der Waals surface area contributed by atoms with Gasteiger partial charge in [0.1, 0.15) is 5.75 Å². The first-order valence-corrected chi connectivity index (χ1v) is 8.14. The third-order valence-electron chi connectivity index (χ3n) is 3.70. The molecule has 0 radical (unpaired) electrons. The summed E-state index contributed by atoms with van der Waals surface area (Å²) in [4.78, 5) is 1.35. The van der Waals surface area contributed by atoms with Crippen molar-refractivity contribution in [3.63, 3.8) is 0 Å². The Hall–Kier alpha value is -1.45. The molecule has 3 heteroatoms. The fourth-order valence-electron chi connectivity index (χ4n) is 2.39. The van der Waals surface area contributed by atoms with Crippen LogP contribution in [0.25, 0.3) is 0 Å². The number of thioether (sulfide) groups is 1. The minimum atomic E-state index is 0.334. The molecule has 0 aliphatic heterocycles. The molecule has 1 unspecified atom stereocenters. The van der Waals surface area contributed by atoms with E-state index in [1.807, 2.05) is 24.9 Å². The molecule has 0 saturated carbocycles. The highest BCUT2D eigenvalue weighted by molar-refractivity contribution is 7.99. The summed E-state index contributed by atoms with van der Waals surface area (Å²) in [5, 5.41) is 3.42. The van der Waals surface area contributed by atoms with E-state index < -0.39 is 0 Å². The van der Waals surface area contributed by atoms with Gasteiger partial charge in [-0.3, -0.25) is 0 Å². The van der Waals surface area contributed by atoms with E-state index in [9.17, 15) is 0 Å². The number of hydrogen-bond donors (Lipinski definition) is 1. The van der Waals surface area contributed by atoms with Gasteiger partial charge in [-0.2, -0.15) is 0 Å². The molecule has 1 N–H and O–H groups in total. The van der Waals surface area contributed by atoms with Gasteiger partial charge < -0.3 is 10.1 Å². The Labute approximate surface area is 131 Å². The van der Waals surface area contributed by atoms with Crippen molar-refractivity contribution < 1.29 is 4.74 Å². The van der Waals surface area contributed by atoms with Gasteiger partial charge in [0.2, 0.25) is 0 Å². The molecule has 0 saturated heterocycles. The Kier molecular flexibility index (Phi) is 5.71. The summed E-state index contributed by atoms with van der Waals surface area (Å²) < 4.78 is 5.28. The molecule has 2 rings (SSSR count). The lowest BCUT2D eigenvalue weighted by Gasteiger charge is -2.19. The zero-order valence-electron chi connectivity index (χ0n) is 13.1. The maximum absolute atomic E-state index is 5.28. The van der Waals surface area contributed by atoms with Crippen molar-refractivity contribution in [1.82, 2.24) is 5.32 Å². The fourth-order valence-corrected chi connectivity index (χ4v) is 3.55. The first-order chi connectivity index (χ1) is 10.2. The van der Waals surface area contributed by atoms with Gasteiger partial charge in [0.25, 0.3) is 0 Å². The molecular weight excluding hydrogens is 278 g/mol. The zero-order chi connectivity index (χ0) is 15.2. The maximum Gasteiger partial charge on any atom is 0.119 e. The smallest absolute Gasteiger partial charge is 0.119 e. The Morgan fingerprint density at radius 1 is 1.10 bits per heavy atom. The quantitative estimate of drug-likeness (QED) is 0.801. The van der Waals surface area contributed by atoms with Crippen LogP contribution in [0.1, 0.15) is 22.7 Å². The summed E-state index contributed by atoms with van der Waals surface area (Å²) >= 11 is 1.90. The molecule has 0 heterocycles. The molecule has 2 aromatic rings. The number of nitrogens with one attached hydrogen (secondary N) is 1. The standard InChI is InChI=1S/C18H23NOS/c1-13-7-5-6-8-18(13)21-12-17(19-3)16-10-9-15(20-4)11-14(16)2/h5-11,17,19H,12H2,1-4H3. The predicted molar refractivity (Wildman–Crippen MR) is 91.4 cm³/mol. The van der Waals surface area contributed by atoms with Crippen LogP contribution < -0.4 is 10.1 Å². The van der Waals surface area contributed by atoms with E-state index in [0.29, 0.717) is 6.04 Å². The van der Waals surface area contributed by atoms with Crippen molar-refractivity contribution in [1.29, 1.82) is 0 Å². The van der Waals surface area contributed by atoms with Gasteiger partial charge >= 0.3 is 0 Å². The summed E-state index contributed by atoms with van der Waals surface area (Å²) in [5.41, 5.74) is 3.93. The number of hydrogen-bond acceptors (Lipinski definition) is 3. The van der Waals surface area contributed by atoms with Crippen LogP contribution in [-0.2, 0) is 0 Å². The Morgan fingerprint density at radius 3 is 2.48 bits per heavy atom. The highest BCUT2D eigenvalue weighted by Gasteiger charge is 2.13. The van der Waals surface area contributed by atoms with Crippen molar-refractivity contribution in [2.45, 2.75) is 24.8 Å². The van der Waals surface area contributed by atoms with Gasteiger partial charge in [-0.1, -0.05) is 24.3 Å². The average molecular weight is 301 g/mol. The van der Waals surface area contributed by atoms with Crippen molar-refractivity contribution in [2.75, 3.05) is 19.9 Å². The van der Waals surface area contributed by atoms with E-state index in [1.165, 1.54) is 21.6 Å². The molecular formula is C18H23NOS. The molecule has 0 amide bonds. The monoisotopic (exact) mass is 301 g/mol. The first-order valence-electron chi connectivity index (χ1n) is 7.16. The van der Waals surface area contributed by atoms with Crippen molar-refractivity contribution in [3.05, 3.63) is 59.2 Å². The minimum Gasteiger partial charge on any atom is -0.497 e. The van der Waals surface area contributed by atoms with Crippen molar-refractivity contribution >= 4 is 11.8 Å². The van der Waals surface area contributed by atoms with Crippen LogP contribution in [0, 0.1) is 13.8 Å². The van der Waals surface area contributed by atoms with Crippen molar-refractivity contribution in [2.24, 2.45) is 0 Å². The third kappa shape index (κ3) is 4.02. The Morgan fingerprint density at radius 2 is 1.86 bits per heavy atom. The molecule has 0 aromatic heterocycles. The number of methoxy groups -OCH3 is 1. The number of ether oxygens (including phenoxy) is 1. The SMILES string of the molecule is CNC(CSc1ccccc1C)c1ccc(OC)cc1C. The topological polar surface area (TPSA) is 21.3 Å². The average Bonchev–Trinajstić information content (AvgIpc) is 2.50. The molecule has 0 bridgehead atoms. The second-order valence-electron chi connectivity index (χ2n) is 5.14. The Balaban J connectivity index is 2.11. The molecule has 2 nitrogen and oxygen atoms in total. The fraction of sp³-hybridized carbons (Fsp3) is 0.333. The van der Waals surface area contributed by atoms with Gasteiger partial charge in [-0.05, 0) is 55.8 Å². The van der Waals surface area contributed by atoms with E-state index in [2.05, 4.69) is 55.6 Å². The predicted octanol–water partition coefficient (Wildman–Crippen LogP) is 4.36. The van der Waals surface area contributed by atoms with E-state index in [-0.39, 0.29) is 0 Å². The molecule has 112 valence electrons. The van der Waals surface area contributed by atoms with Gasteiger partial charge in [-0.25, -0.2) is 0 Å². The molecule has 2 aromatic carbocycles. The highest BCUT2D eigenvalue weighted by atomic mass is 32.2. The number of benzene rings is 2. The summed E-state index contributed by atoms with van der Waals surface area (Å²) in [6, 6.07) is 15.2. The lowest BCUT2D eigenvalue weighted by molar-refractivity contribution is 0.414. The van der Waals surface area contributed by atoms with E-state index in [4.69, 9.17) is 4.74 Å².